The third-order valence-corrected chi connectivity index (χ3v) is 10.4. The van der Waals surface area contributed by atoms with Crippen LogP contribution in [0.4, 0.5) is 18.9 Å². The van der Waals surface area contributed by atoms with Crippen molar-refractivity contribution in [1.82, 2.24) is 19.7 Å². The molecule has 1 saturated heterocycles. The number of hydrogen-bond donors (Lipinski definition) is 1. The Kier molecular flexibility index (Phi) is 8.91. The summed E-state index contributed by atoms with van der Waals surface area (Å²) >= 11 is 0. The van der Waals surface area contributed by atoms with Gasteiger partial charge < -0.3 is 15.0 Å². The number of pyridine rings is 1. The monoisotopic (exact) mass is 611 g/mol. The number of hydrogen-bond acceptors (Lipinski definition) is 5. The van der Waals surface area contributed by atoms with Gasteiger partial charge in [0.2, 0.25) is 0 Å². The maximum absolute atomic E-state index is 13.1. The van der Waals surface area contributed by atoms with Crippen LogP contribution < -0.4 is 10.1 Å². The number of aromatic nitrogens is 3. The van der Waals surface area contributed by atoms with E-state index in [1.165, 1.54) is 96.7 Å². The molecule has 0 radical (unpaired) electrons. The van der Waals surface area contributed by atoms with Gasteiger partial charge in [0.05, 0.1) is 24.4 Å². The van der Waals surface area contributed by atoms with Gasteiger partial charge in [-0.3, -0.25) is 9.48 Å². The molecule has 1 aromatic carbocycles. The van der Waals surface area contributed by atoms with Crippen molar-refractivity contribution in [1.29, 1.82) is 0 Å². The van der Waals surface area contributed by atoms with Gasteiger partial charge in [0.1, 0.15) is 17.1 Å². The van der Waals surface area contributed by atoms with E-state index in [0.717, 1.165) is 41.6 Å². The van der Waals surface area contributed by atoms with Crippen LogP contribution in [0, 0.1) is 17.3 Å². The molecular weight excluding hydrogens is 567 g/mol. The second-order valence-corrected chi connectivity index (χ2v) is 13.5. The summed E-state index contributed by atoms with van der Waals surface area (Å²) in [5.41, 5.74) is 0.327. The summed E-state index contributed by atoms with van der Waals surface area (Å²) in [6.45, 7) is 6.03. The van der Waals surface area contributed by atoms with E-state index >= 15 is 0 Å². The topological polar surface area (TPSA) is 72.3 Å². The second-order valence-electron chi connectivity index (χ2n) is 13.5. The van der Waals surface area contributed by atoms with Crippen molar-refractivity contribution >= 4 is 22.5 Å². The first-order chi connectivity index (χ1) is 21.1. The molecule has 6 rings (SSSR count). The maximum atomic E-state index is 13.1. The normalized spacial score (nSPS) is 22.7. The number of likely N-dealkylation sites (tertiary alicyclic amines) is 1. The number of ether oxygens (including phenoxy) is 1. The van der Waals surface area contributed by atoms with Gasteiger partial charge >= 0.3 is 6.18 Å². The highest BCUT2D eigenvalue weighted by atomic mass is 19.4. The van der Waals surface area contributed by atoms with Crippen molar-refractivity contribution in [3.05, 3.63) is 47.9 Å². The van der Waals surface area contributed by atoms with E-state index in [9.17, 15) is 18.0 Å². The van der Waals surface area contributed by atoms with Gasteiger partial charge in [-0.25, -0.2) is 4.98 Å². The van der Waals surface area contributed by atoms with Gasteiger partial charge in [-0.1, -0.05) is 32.3 Å². The fourth-order valence-corrected chi connectivity index (χ4v) is 7.87. The molecule has 3 fully saturated rings. The Morgan fingerprint density at radius 2 is 1.84 bits per heavy atom. The number of benzene rings is 1. The fourth-order valence-electron chi connectivity index (χ4n) is 7.87. The molecule has 0 unspecified atom stereocenters. The van der Waals surface area contributed by atoms with Crippen molar-refractivity contribution in [2.45, 2.75) is 89.8 Å². The number of carbonyl (C=O) groups excluding carboxylic acids is 1. The summed E-state index contributed by atoms with van der Waals surface area (Å²) < 4.78 is 46.8. The molecule has 3 aromatic rings. The number of fused-ring (bicyclic) bond motifs is 1. The Hall–Kier alpha value is -3.14. The Bertz CT molecular complexity index is 1450. The van der Waals surface area contributed by atoms with E-state index in [-0.39, 0.29) is 5.69 Å². The number of nitrogens with one attached hydrogen (secondary N) is 1. The number of halogens is 3. The van der Waals surface area contributed by atoms with Crippen LogP contribution in [0.15, 0.2) is 36.5 Å². The van der Waals surface area contributed by atoms with E-state index in [1.807, 2.05) is 10.9 Å². The lowest BCUT2D eigenvalue weighted by Gasteiger charge is -2.53. The predicted octanol–water partition coefficient (Wildman–Crippen LogP) is 8.12. The first-order valence-corrected chi connectivity index (χ1v) is 16.3. The lowest BCUT2D eigenvalue weighted by molar-refractivity contribution is -0.141. The number of unbranched alkanes of at least 4 members (excludes halogenated alkanes) is 1. The molecule has 3 aliphatic rings. The van der Waals surface area contributed by atoms with Crippen molar-refractivity contribution in [2.24, 2.45) is 17.3 Å². The van der Waals surface area contributed by atoms with Gasteiger partial charge in [-0.05, 0) is 99.9 Å². The van der Waals surface area contributed by atoms with Crippen molar-refractivity contribution in [2.75, 3.05) is 32.1 Å². The molecular formula is C34H44F3N5O2. The first kappa shape index (κ1) is 30.9. The molecule has 0 atom stereocenters. The van der Waals surface area contributed by atoms with Crippen molar-refractivity contribution < 1.29 is 22.7 Å². The van der Waals surface area contributed by atoms with E-state index in [0.29, 0.717) is 22.9 Å². The summed E-state index contributed by atoms with van der Waals surface area (Å²) in [5.74, 6) is 1.36. The van der Waals surface area contributed by atoms with Crippen LogP contribution in [0.25, 0.3) is 10.9 Å². The van der Waals surface area contributed by atoms with E-state index < -0.39 is 17.8 Å². The molecule has 44 heavy (non-hydrogen) atoms. The van der Waals surface area contributed by atoms with Crippen LogP contribution in [-0.4, -0.2) is 52.3 Å². The summed E-state index contributed by atoms with van der Waals surface area (Å²) in [6, 6.07) is 7.09. The lowest BCUT2D eigenvalue weighted by Crippen LogP contribution is -2.48. The molecule has 2 saturated carbocycles. The van der Waals surface area contributed by atoms with Crippen LogP contribution in [0.5, 0.6) is 5.75 Å². The number of alkyl halides is 3. The Balaban J connectivity index is 1.03. The van der Waals surface area contributed by atoms with Crippen molar-refractivity contribution in [3.8, 4) is 5.75 Å². The Labute approximate surface area is 257 Å². The average Bonchev–Trinajstić information content (AvgIpc) is 3.42. The zero-order valence-electron chi connectivity index (χ0n) is 25.8. The van der Waals surface area contributed by atoms with Crippen LogP contribution >= 0.6 is 0 Å². The number of anilines is 1. The minimum absolute atomic E-state index is 0.316. The van der Waals surface area contributed by atoms with Gasteiger partial charge in [0.15, 0.2) is 0 Å². The highest BCUT2D eigenvalue weighted by molar-refractivity contribution is 6.05. The van der Waals surface area contributed by atoms with Gasteiger partial charge in [-0.2, -0.15) is 18.3 Å². The second kappa shape index (κ2) is 12.7. The number of nitrogens with zero attached hydrogens (tertiary/aromatic N) is 4. The predicted molar refractivity (Wildman–Crippen MR) is 165 cm³/mol. The highest BCUT2D eigenvalue weighted by Gasteiger charge is 2.45. The quantitative estimate of drug-likeness (QED) is 0.265. The summed E-state index contributed by atoms with van der Waals surface area (Å²) in [5, 5.41) is 8.33. The molecule has 238 valence electrons. The molecule has 2 aliphatic carbocycles. The number of rotatable bonds is 9. The fraction of sp³-hybridized carbons (Fsp3) is 0.618. The SMILES string of the molecule is CCCCC1CC2(CCN(C[C@H]3CC[C@H](n4cc5cc(NC(=O)c6cccc(C(F)(F)F)n6)c(OC)cc5n4)CC3)CC2)C1. The van der Waals surface area contributed by atoms with Gasteiger partial charge in [0, 0.05) is 24.2 Å². The molecule has 10 heteroatoms. The lowest BCUT2D eigenvalue weighted by atomic mass is 9.56. The van der Waals surface area contributed by atoms with E-state index in [4.69, 9.17) is 9.84 Å². The molecule has 7 nitrogen and oxygen atoms in total. The molecule has 1 amide bonds. The standard InChI is InChI=1S/C34H44F3N5O2/c1-3-4-6-24-19-33(20-24)13-15-41(16-14-33)21-23-9-11-26(12-10-23)42-22-25-17-29(30(44-2)18-28(25)40-42)39-32(43)27-7-5-8-31(38-27)34(35,36)37/h5,7-8,17-18,22-24,26H,3-4,6,9-16,19-21H2,1-2H3,(H,39,43)/t23-,26-. The summed E-state index contributed by atoms with van der Waals surface area (Å²) in [4.78, 5) is 19.0. The molecule has 0 bridgehead atoms. The van der Waals surface area contributed by atoms with Crippen molar-refractivity contribution in [3.63, 3.8) is 0 Å². The summed E-state index contributed by atoms with van der Waals surface area (Å²) in [7, 11) is 1.48. The van der Waals surface area contributed by atoms with Crippen LogP contribution in [0.3, 0.4) is 0 Å². The Morgan fingerprint density at radius 3 is 2.52 bits per heavy atom. The molecule has 1 N–H and O–H groups in total. The average molecular weight is 612 g/mol. The van der Waals surface area contributed by atoms with Crippen LogP contribution in [0.2, 0.25) is 0 Å². The zero-order chi connectivity index (χ0) is 30.9. The third-order valence-electron chi connectivity index (χ3n) is 10.4. The highest BCUT2D eigenvalue weighted by Crippen LogP contribution is 2.54. The molecule has 3 heterocycles. The molecule has 1 aliphatic heterocycles. The minimum Gasteiger partial charge on any atom is -0.494 e. The van der Waals surface area contributed by atoms with Gasteiger partial charge in [-0.15, -0.1) is 0 Å². The van der Waals surface area contributed by atoms with Crippen LogP contribution in [-0.2, 0) is 6.18 Å². The minimum atomic E-state index is -4.63. The Morgan fingerprint density at radius 1 is 1.09 bits per heavy atom. The van der Waals surface area contributed by atoms with Gasteiger partial charge in [0.25, 0.3) is 5.91 Å². The van der Waals surface area contributed by atoms with Crippen LogP contribution in [0.1, 0.15) is 99.8 Å². The summed E-state index contributed by atoms with van der Waals surface area (Å²) in [6.07, 6.45) is 11.7. The van der Waals surface area contributed by atoms with E-state index in [2.05, 4.69) is 22.1 Å². The largest absolute Gasteiger partial charge is 0.494 e. The smallest absolute Gasteiger partial charge is 0.433 e. The number of methoxy groups -OCH3 is 1. The molecule has 1 spiro atoms. The molecule has 2 aromatic heterocycles. The maximum Gasteiger partial charge on any atom is 0.433 e. The van der Waals surface area contributed by atoms with E-state index in [1.54, 1.807) is 12.1 Å². The first-order valence-electron chi connectivity index (χ1n) is 16.3. The zero-order valence-corrected chi connectivity index (χ0v) is 25.8. The number of amides is 1. The third kappa shape index (κ3) is 6.75. The number of carbonyl (C=O) groups is 1. The number of piperidine rings is 1.